The Bertz CT molecular complexity index is 1560. The summed E-state index contributed by atoms with van der Waals surface area (Å²) in [4.78, 5) is 18.0. The molecular formula is C32H39NO7Si. The fraction of sp³-hybridized carbons (Fsp3) is 0.344. The molecular weight excluding hydrogens is 538 g/mol. The molecule has 0 atom stereocenters. The van der Waals surface area contributed by atoms with Crippen molar-refractivity contribution in [3.05, 3.63) is 59.2 Å². The second-order valence-corrected chi connectivity index (χ2v) is 13.3. The van der Waals surface area contributed by atoms with E-state index in [1.54, 1.807) is 26.4 Å². The minimum atomic E-state index is -1.58. The molecule has 0 unspecified atom stereocenters. The summed E-state index contributed by atoms with van der Waals surface area (Å²) in [5.74, 6) is 3.13. The van der Waals surface area contributed by atoms with Crippen molar-refractivity contribution < 1.29 is 32.9 Å². The summed E-state index contributed by atoms with van der Waals surface area (Å²) < 4.78 is 34.5. The highest BCUT2D eigenvalue weighted by Gasteiger charge is 2.31. The second-order valence-electron chi connectivity index (χ2n) is 11.0. The molecule has 0 fully saturated rings. The highest BCUT2D eigenvalue weighted by Crippen LogP contribution is 2.47. The number of aromatic nitrogens is 1. The molecule has 1 N–H and O–H groups in total. The lowest BCUT2D eigenvalue weighted by Crippen LogP contribution is -2.20. The lowest BCUT2D eigenvalue weighted by atomic mass is 9.83. The van der Waals surface area contributed by atoms with Gasteiger partial charge in [0.25, 0.3) is 0 Å². The van der Waals surface area contributed by atoms with E-state index >= 15 is 0 Å². The van der Waals surface area contributed by atoms with Crippen LogP contribution in [0, 0.1) is 0 Å². The Morgan fingerprint density at radius 1 is 0.756 bits per heavy atom. The van der Waals surface area contributed by atoms with Crippen molar-refractivity contribution in [1.82, 2.24) is 4.98 Å². The number of nitrogens with one attached hydrogen (secondary N) is 1. The van der Waals surface area contributed by atoms with Gasteiger partial charge in [0.2, 0.25) is 14.8 Å². The molecule has 4 aromatic rings. The first-order chi connectivity index (χ1) is 19.5. The zero-order chi connectivity index (χ0) is 30.1. The van der Waals surface area contributed by atoms with Crippen LogP contribution < -0.4 is 28.1 Å². The number of carbonyl (C=O) groups excluding carboxylic acids is 1. The zero-order valence-electron chi connectivity index (χ0n) is 25.5. The smallest absolute Gasteiger partial charge is 0.229 e. The Morgan fingerprint density at radius 2 is 1.39 bits per heavy atom. The summed E-state index contributed by atoms with van der Waals surface area (Å²) in [6, 6.07) is 12.9. The van der Waals surface area contributed by atoms with Gasteiger partial charge in [-0.2, -0.15) is 0 Å². The Labute approximate surface area is 243 Å². The van der Waals surface area contributed by atoms with E-state index < -0.39 is 9.04 Å². The number of hydrogen-bond donors (Lipinski definition) is 1. The van der Waals surface area contributed by atoms with Gasteiger partial charge in [-0.25, -0.2) is 0 Å². The third-order valence-corrected chi connectivity index (χ3v) is 7.58. The van der Waals surface area contributed by atoms with E-state index in [0.717, 1.165) is 33.5 Å². The van der Waals surface area contributed by atoms with Gasteiger partial charge in [-0.1, -0.05) is 20.8 Å². The molecule has 0 saturated carbocycles. The molecule has 1 heterocycles. The normalized spacial score (nSPS) is 11.5. The molecule has 0 aliphatic heterocycles. The van der Waals surface area contributed by atoms with Gasteiger partial charge in [-0.3, -0.25) is 4.79 Å². The van der Waals surface area contributed by atoms with Crippen molar-refractivity contribution in [2.45, 2.75) is 39.3 Å². The Morgan fingerprint density at radius 3 is 1.90 bits per heavy atom. The van der Waals surface area contributed by atoms with Crippen LogP contribution in [-0.4, -0.2) is 55.4 Å². The average Bonchev–Trinajstić information content (AvgIpc) is 3.32. The number of hydrogen-bond acceptors (Lipinski definition) is 7. The molecule has 8 nitrogen and oxygen atoms in total. The Kier molecular flexibility index (Phi) is 8.58. The SMILES string of the molecule is COc1ccc2c(C(=O)c3cc(OC)c(OC)c(OC)c3)c(-c3ccc(OC)c(C(C)(C)C)c3O[SiH](C)C)[nH]c2c1. The largest absolute Gasteiger partial charge is 0.546 e. The van der Waals surface area contributed by atoms with Crippen LogP contribution in [0.3, 0.4) is 0 Å². The Hall–Kier alpha value is -4.11. The molecule has 0 saturated heterocycles. The second kappa shape index (κ2) is 11.8. The van der Waals surface area contributed by atoms with Crippen molar-refractivity contribution in [3.63, 3.8) is 0 Å². The maximum Gasteiger partial charge on any atom is 0.229 e. The first-order valence-electron chi connectivity index (χ1n) is 13.4. The van der Waals surface area contributed by atoms with Crippen LogP contribution in [0.2, 0.25) is 13.1 Å². The minimum absolute atomic E-state index is 0.212. The molecule has 0 radical (unpaired) electrons. The van der Waals surface area contributed by atoms with Gasteiger partial charge in [-0.05, 0) is 54.9 Å². The van der Waals surface area contributed by atoms with E-state index in [2.05, 4.69) is 38.8 Å². The van der Waals surface area contributed by atoms with Gasteiger partial charge in [0.1, 0.15) is 17.2 Å². The number of H-pyrrole nitrogens is 1. The monoisotopic (exact) mass is 577 g/mol. The number of ether oxygens (including phenoxy) is 5. The lowest BCUT2D eigenvalue weighted by Gasteiger charge is -2.28. The third-order valence-electron chi connectivity index (χ3n) is 6.87. The zero-order valence-corrected chi connectivity index (χ0v) is 26.6. The van der Waals surface area contributed by atoms with Gasteiger partial charge < -0.3 is 33.1 Å². The number of rotatable bonds is 10. The molecule has 1 aromatic heterocycles. The van der Waals surface area contributed by atoms with E-state index in [1.807, 2.05) is 30.3 Å². The highest BCUT2D eigenvalue weighted by atomic mass is 28.3. The van der Waals surface area contributed by atoms with Crippen LogP contribution in [0.15, 0.2) is 42.5 Å². The summed E-state index contributed by atoms with van der Waals surface area (Å²) >= 11 is 0. The molecule has 0 bridgehead atoms. The van der Waals surface area contributed by atoms with Crippen LogP contribution in [0.25, 0.3) is 22.2 Å². The average molecular weight is 578 g/mol. The van der Waals surface area contributed by atoms with Crippen molar-refractivity contribution in [2.75, 3.05) is 35.5 Å². The number of ketones is 1. The van der Waals surface area contributed by atoms with Gasteiger partial charge in [0, 0.05) is 28.1 Å². The standard InChI is InChI=1S/C32H39NO7Si/c1-32(2,3)27-23(36-5)14-13-21(30(27)40-41(9)10)28-26(20-12-11-19(35-4)17-22(20)33-28)29(34)18-15-24(37-6)31(39-8)25(16-18)38-7/h11-17,33,41H,1-10H3. The van der Waals surface area contributed by atoms with Crippen molar-refractivity contribution in [2.24, 2.45) is 0 Å². The number of fused-ring (bicyclic) bond motifs is 1. The van der Waals surface area contributed by atoms with E-state index in [0.29, 0.717) is 39.8 Å². The fourth-order valence-electron chi connectivity index (χ4n) is 5.10. The Balaban J connectivity index is 2.09. The van der Waals surface area contributed by atoms with Gasteiger partial charge in [0.15, 0.2) is 17.3 Å². The van der Waals surface area contributed by atoms with Gasteiger partial charge in [0.05, 0.1) is 52.3 Å². The van der Waals surface area contributed by atoms with Crippen LogP contribution in [0.1, 0.15) is 42.3 Å². The van der Waals surface area contributed by atoms with Crippen molar-refractivity contribution in [1.29, 1.82) is 0 Å². The fourth-order valence-corrected chi connectivity index (χ4v) is 5.81. The minimum Gasteiger partial charge on any atom is -0.546 e. The van der Waals surface area contributed by atoms with Crippen LogP contribution in [0.5, 0.6) is 34.5 Å². The molecule has 0 aliphatic carbocycles. The van der Waals surface area contributed by atoms with Gasteiger partial charge >= 0.3 is 0 Å². The molecule has 0 aliphatic rings. The van der Waals surface area contributed by atoms with E-state index in [1.165, 1.54) is 21.3 Å². The topological polar surface area (TPSA) is 88.2 Å². The summed E-state index contributed by atoms with van der Waals surface area (Å²) in [6.07, 6.45) is 0. The molecule has 41 heavy (non-hydrogen) atoms. The molecule has 0 spiro atoms. The summed E-state index contributed by atoms with van der Waals surface area (Å²) in [7, 11) is 6.28. The van der Waals surface area contributed by atoms with Crippen molar-refractivity contribution >= 4 is 25.7 Å². The maximum atomic E-state index is 14.5. The molecule has 3 aromatic carbocycles. The first kappa shape index (κ1) is 29.9. The first-order valence-corrected chi connectivity index (χ1v) is 16.2. The lowest BCUT2D eigenvalue weighted by molar-refractivity contribution is 0.104. The highest BCUT2D eigenvalue weighted by molar-refractivity contribution is 6.49. The summed E-state index contributed by atoms with van der Waals surface area (Å²) in [5, 5.41) is 0.750. The quantitative estimate of drug-likeness (QED) is 0.164. The maximum absolute atomic E-state index is 14.5. The number of carbonyl (C=O) groups is 1. The molecule has 9 heteroatoms. The third kappa shape index (κ3) is 5.59. The number of aromatic amines is 1. The van der Waals surface area contributed by atoms with E-state index in [4.69, 9.17) is 28.1 Å². The predicted molar refractivity (Wildman–Crippen MR) is 165 cm³/mol. The van der Waals surface area contributed by atoms with Crippen molar-refractivity contribution in [3.8, 4) is 45.8 Å². The summed E-state index contributed by atoms with van der Waals surface area (Å²) in [5.41, 5.74) is 3.72. The molecule has 218 valence electrons. The predicted octanol–water partition coefficient (Wildman–Crippen LogP) is 6.77. The van der Waals surface area contributed by atoms with E-state index in [9.17, 15) is 4.79 Å². The summed E-state index contributed by atoms with van der Waals surface area (Å²) in [6.45, 7) is 10.6. The molecule has 4 rings (SSSR count). The van der Waals surface area contributed by atoms with Crippen LogP contribution >= 0.6 is 0 Å². The number of methoxy groups -OCH3 is 5. The van der Waals surface area contributed by atoms with Crippen LogP contribution in [-0.2, 0) is 5.41 Å². The van der Waals surface area contributed by atoms with Crippen LogP contribution in [0.4, 0.5) is 0 Å². The molecule has 0 amide bonds. The van der Waals surface area contributed by atoms with Gasteiger partial charge in [-0.15, -0.1) is 0 Å². The van der Waals surface area contributed by atoms with E-state index in [-0.39, 0.29) is 11.2 Å². The number of benzene rings is 3.